The number of amides is 2. The Balaban J connectivity index is 2.21. The number of nitrogens with zero attached hydrogens (tertiary/aromatic N) is 2. The van der Waals surface area contributed by atoms with Gasteiger partial charge in [0.15, 0.2) is 0 Å². The maximum atomic E-state index is 11.5. The third kappa shape index (κ3) is 4.99. The number of carboxylic acids is 1. The predicted molar refractivity (Wildman–Crippen MR) is 69.7 cm³/mol. The molecule has 0 spiro atoms. The topological polar surface area (TPSA) is 96.3 Å². The summed E-state index contributed by atoms with van der Waals surface area (Å²) in [5.41, 5.74) is 1.03. The van der Waals surface area contributed by atoms with Gasteiger partial charge in [0.1, 0.15) is 0 Å². The van der Waals surface area contributed by atoms with Gasteiger partial charge in [-0.2, -0.15) is 5.10 Å². The number of aromatic nitrogens is 2. The Kier molecular flexibility index (Phi) is 5.84. The average molecular weight is 268 g/mol. The van der Waals surface area contributed by atoms with Crippen LogP contribution in [0.2, 0.25) is 0 Å². The number of urea groups is 1. The SMILES string of the molecule is CCC(CNC(=O)NCCc1ccnn1C)C(=O)O. The summed E-state index contributed by atoms with van der Waals surface area (Å²) in [6.45, 7) is 2.40. The van der Waals surface area contributed by atoms with E-state index in [2.05, 4.69) is 15.7 Å². The van der Waals surface area contributed by atoms with Crippen molar-refractivity contribution in [3.63, 3.8) is 0 Å². The number of carbonyl (C=O) groups excluding carboxylic acids is 1. The molecule has 1 rings (SSSR count). The van der Waals surface area contributed by atoms with Gasteiger partial charge in [0.2, 0.25) is 0 Å². The summed E-state index contributed by atoms with van der Waals surface area (Å²) in [6, 6.07) is 1.54. The van der Waals surface area contributed by atoms with Crippen molar-refractivity contribution in [3.8, 4) is 0 Å². The minimum atomic E-state index is -0.891. The molecule has 1 heterocycles. The van der Waals surface area contributed by atoms with E-state index < -0.39 is 11.9 Å². The monoisotopic (exact) mass is 268 g/mol. The fourth-order valence-corrected chi connectivity index (χ4v) is 1.64. The highest BCUT2D eigenvalue weighted by Crippen LogP contribution is 2.00. The molecule has 0 aliphatic heterocycles. The number of carboxylic acid groups (broad SMARTS) is 1. The van der Waals surface area contributed by atoms with Crippen LogP contribution in [0.1, 0.15) is 19.0 Å². The summed E-state index contributed by atoms with van der Waals surface area (Å²) in [5, 5.41) is 18.1. The fraction of sp³-hybridized carbons (Fsp3) is 0.583. The minimum Gasteiger partial charge on any atom is -0.481 e. The zero-order chi connectivity index (χ0) is 14.3. The first-order valence-corrected chi connectivity index (χ1v) is 6.26. The van der Waals surface area contributed by atoms with E-state index in [0.717, 1.165) is 5.69 Å². The maximum Gasteiger partial charge on any atom is 0.314 e. The first-order chi connectivity index (χ1) is 9.04. The maximum absolute atomic E-state index is 11.5. The van der Waals surface area contributed by atoms with Crippen LogP contribution < -0.4 is 10.6 Å². The molecule has 106 valence electrons. The van der Waals surface area contributed by atoms with Crippen molar-refractivity contribution >= 4 is 12.0 Å². The van der Waals surface area contributed by atoms with Crippen LogP contribution in [0.3, 0.4) is 0 Å². The van der Waals surface area contributed by atoms with E-state index in [-0.39, 0.29) is 12.6 Å². The quantitative estimate of drug-likeness (QED) is 0.665. The van der Waals surface area contributed by atoms with Gasteiger partial charge in [0.05, 0.1) is 5.92 Å². The molecule has 7 nitrogen and oxygen atoms in total. The Morgan fingerprint density at radius 3 is 2.74 bits per heavy atom. The number of aryl methyl sites for hydroxylation is 1. The molecule has 0 saturated heterocycles. The first-order valence-electron chi connectivity index (χ1n) is 6.26. The van der Waals surface area contributed by atoms with Gasteiger partial charge in [-0.1, -0.05) is 6.92 Å². The molecule has 7 heteroatoms. The highest BCUT2D eigenvalue weighted by atomic mass is 16.4. The van der Waals surface area contributed by atoms with Gasteiger partial charge in [-0.15, -0.1) is 0 Å². The molecule has 1 unspecified atom stereocenters. The molecule has 0 radical (unpaired) electrons. The molecular formula is C12H20N4O3. The van der Waals surface area contributed by atoms with Crippen molar-refractivity contribution < 1.29 is 14.7 Å². The molecule has 1 aromatic heterocycles. The molecule has 0 fully saturated rings. The molecule has 0 aliphatic carbocycles. The highest BCUT2D eigenvalue weighted by molar-refractivity contribution is 5.75. The predicted octanol–water partition coefficient (Wildman–Crippen LogP) is 0.373. The van der Waals surface area contributed by atoms with Crippen molar-refractivity contribution in [2.24, 2.45) is 13.0 Å². The molecule has 0 aliphatic rings. The third-order valence-electron chi connectivity index (χ3n) is 2.94. The van der Waals surface area contributed by atoms with Crippen LogP contribution in [0, 0.1) is 5.92 Å². The van der Waals surface area contributed by atoms with Crippen LogP contribution in [0.25, 0.3) is 0 Å². The van der Waals surface area contributed by atoms with Crippen LogP contribution in [0.4, 0.5) is 4.79 Å². The number of hydrogen-bond acceptors (Lipinski definition) is 3. The van der Waals surface area contributed by atoms with Crippen molar-refractivity contribution in [1.29, 1.82) is 0 Å². The van der Waals surface area contributed by atoms with Crippen molar-refractivity contribution in [2.75, 3.05) is 13.1 Å². The summed E-state index contributed by atoms with van der Waals surface area (Å²) in [4.78, 5) is 22.2. The van der Waals surface area contributed by atoms with E-state index in [1.165, 1.54) is 0 Å². The van der Waals surface area contributed by atoms with Crippen molar-refractivity contribution in [3.05, 3.63) is 18.0 Å². The second-order valence-electron chi connectivity index (χ2n) is 4.28. The summed E-state index contributed by atoms with van der Waals surface area (Å²) in [5.74, 6) is -1.43. The van der Waals surface area contributed by atoms with E-state index >= 15 is 0 Å². The Morgan fingerprint density at radius 2 is 2.21 bits per heavy atom. The van der Waals surface area contributed by atoms with Gasteiger partial charge in [0.25, 0.3) is 0 Å². The summed E-state index contributed by atoms with van der Waals surface area (Å²) < 4.78 is 1.75. The Bertz CT molecular complexity index is 430. The van der Waals surface area contributed by atoms with Crippen LogP contribution in [-0.2, 0) is 18.3 Å². The standard InChI is InChI=1S/C12H20N4O3/c1-3-9(11(17)18)8-14-12(19)13-6-4-10-5-7-15-16(10)2/h5,7,9H,3-4,6,8H2,1-2H3,(H,17,18)(H2,13,14,19). The number of rotatable bonds is 7. The third-order valence-corrected chi connectivity index (χ3v) is 2.94. The molecule has 19 heavy (non-hydrogen) atoms. The van der Waals surface area contributed by atoms with Gasteiger partial charge in [-0.05, 0) is 12.5 Å². The van der Waals surface area contributed by atoms with E-state index in [0.29, 0.717) is 19.4 Å². The van der Waals surface area contributed by atoms with E-state index in [9.17, 15) is 9.59 Å². The van der Waals surface area contributed by atoms with Gasteiger partial charge in [-0.25, -0.2) is 4.79 Å². The van der Waals surface area contributed by atoms with Gasteiger partial charge in [0, 0.05) is 38.4 Å². The average Bonchev–Trinajstić information content (AvgIpc) is 2.75. The first kappa shape index (κ1) is 15.0. The highest BCUT2D eigenvalue weighted by Gasteiger charge is 2.15. The summed E-state index contributed by atoms with van der Waals surface area (Å²) in [7, 11) is 1.84. The van der Waals surface area contributed by atoms with Crippen LogP contribution >= 0.6 is 0 Å². The minimum absolute atomic E-state index is 0.142. The van der Waals surface area contributed by atoms with E-state index in [4.69, 9.17) is 5.11 Å². The van der Waals surface area contributed by atoms with Gasteiger partial charge >= 0.3 is 12.0 Å². The lowest BCUT2D eigenvalue weighted by molar-refractivity contribution is -0.141. The Hall–Kier alpha value is -2.05. The van der Waals surface area contributed by atoms with Crippen molar-refractivity contribution in [1.82, 2.24) is 20.4 Å². The molecular weight excluding hydrogens is 248 g/mol. The van der Waals surface area contributed by atoms with Gasteiger partial charge in [-0.3, -0.25) is 9.48 Å². The second kappa shape index (κ2) is 7.40. The summed E-state index contributed by atoms with van der Waals surface area (Å²) >= 11 is 0. The van der Waals surface area contributed by atoms with Crippen molar-refractivity contribution in [2.45, 2.75) is 19.8 Å². The lowest BCUT2D eigenvalue weighted by Crippen LogP contribution is -2.40. The fourth-order valence-electron chi connectivity index (χ4n) is 1.64. The molecule has 1 aromatic rings. The van der Waals surface area contributed by atoms with Gasteiger partial charge < -0.3 is 15.7 Å². The van der Waals surface area contributed by atoms with Crippen LogP contribution in [0.15, 0.2) is 12.3 Å². The van der Waals surface area contributed by atoms with E-state index in [1.807, 2.05) is 13.1 Å². The molecule has 1 atom stereocenters. The largest absolute Gasteiger partial charge is 0.481 e. The van der Waals surface area contributed by atoms with E-state index in [1.54, 1.807) is 17.8 Å². The zero-order valence-electron chi connectivity index (χ0n) is 11.2. The lowest BCUT2D eigenvalue weighted by atomic mass is 10.1. The molecule has 3 N–H and O–H groups in total. The lowest BCUT2D eigenvalue weighted by Gasteiger charge is -2.12. The normalized spacial score (nSPS) is 11.9. The summed E-state index contributed by atoms with van der Waals surface area (Å²) in [6.07, 6.45) is 2.87. The number of hydrogen-bond donors (Lipinski definition) is 3. The number of carbonyl (C=O) groups is 2. The Labute approximate surface area is 112 Å². The van der Waals surface area contributed by atoms with Crippen LogP contribution in [-0.4, -0.2) is 40.0 Å². The molecule has 0 bridgehead atoms. The number of nitrogens with one attached hydrogen (secondary N) is 2. The van der Waals surface area contributed by atoms with Crippen LogP contribution in [0.5, 0.6) is 0 Å². The Morgan fingerprint density at radius 1 is 1.47 bits per heavy atom. The second-order valence-corrected chi connectivity index (χ2v) is 4.28. The smallest absolute Gasteiger partial charge is 0.314 e. The molecule has 0 saturated carbocycles. The molecule has 2 amide bonds. The number of aliphatic carboxylic acids is 1. The molecule has 0 aromatic carbocycles. The zero-order valence-corrected chi connectivity index (χ0v) is 11.2.